The molecule has 0 fully saturated rings. The van der Waals surface area contributed by atoms with Crippen LogP contribution in [0.5, 0.6) is 0 Å². The van der Waals surface area contributed by atoms with E-state index in [0.717, 1.165) is 5.56 Å². The second-order valence-electron chi connectivity index (χ2n) is 4.57. The summed E-state index contributed by atoms with van der Waals surface area (Å²) < 4.78 is 10.0. The molecule has 1 aromatic rings. The zero-order valence-corrected chi connectivity index (χ0v) is 12.3. The van der Waals surface area contributed by atoms with Crippen molar-refractivity contribution >= 4 is 11.9 Å². The van der Waals surface area contributed by atoms with Gasteiger partial charge in [0.15, 0.2) is 0 Å². The molecule has 0 spiro atoms. The lowest BCUT2D eigenvalue weighted by molar-refractivity contribution is -0.155. The third-order valence-corrected chi connectivity index (χ3v) is 3.21. The number of carbonyl (C=O) groups is 2. The average Bonchev–Trinajstić information content (AvgIpc) is 2.45. The molecule has 2 atom stereocenters. The van der Waals surface area contributed by atoms with E-state index in [1.165, 1.54) is 0 Å². The maximum atomic E-state index is 12.1. The molecule has 4 nitrogen and oxygen atoms in total. The van der Waals surface area contributed by atoms with E-state index in [4.69, 9.17) is 9.47 Å². The maximum absolute atomic E-state index is 12.1. The van der Waals surface area contributed by atoms with Crippen molar-refractivity contribution in [1.29, 1.82) is 0 Å². The largest absolute Gasteiger partial charge is 0.466 e. The summed E-state index contributed by atoms with van der Waals surface area (Å²) in [5.74, 6) is -1.33. The molecule has 0 N–H and O–H groups in total. The summed E-state index contributed by atoms with van der Waals surface area (Å²) >= 11 is 0. The lowest BCUT2D eigenvalue weighted by atomic mass is 9.85. The molecule has 1 aromatic carbocycles. The van der Waals surface area contributed by atoms with Gasteiger partial charge in [-0.3, -0.25) is 9.59 Å². The van der Waals surface area contributed by atoms with Crippen molar-refractivity contribution in [2.45, 2.75) is 33.1 Å². The Morgan fingerprint density at radius 3 is 2.20 bits per heavy atom. The van der Waals surface area contributed by atoms with E-state index in [1.54, 1.807) is 13.8 Å². The molecule has 4 heteroatoms. The van der Waals surface area contributed by atoms with Crippen molar-refractivity contribution in [3.05, 3.63) is 35.9 Å². The van der Waals surface area contributed by atoms with E-state index in [1.807, 2.05) is 37.3 Å². The molecular weight excluding hydrogens is 256 g/mol. The zero-order valence-electron chi connectivity index (χ0n) is 12.3. The molecule has 0 aliphatic heterocycles. The molecule has 0 heterocycles. The number of benzene rings is 1. The molecular formula is C16H22O4. The monoisotopic (exact) mass is 278 g/mol. The van der Waals surface area contributed by atoms with Gasteiger partial charge in [0.05, 0.1) is 25.6 Å². The van der Waals surface area contributed by atoms with Gasteiger partial charge in [0, 0.05) is 0 Å². The molecule has 0 radical (unpaired) electrons. The van der Waals surface area contributed by atoms with Gasteiger partial charge in [-0.2, -0.15) is 0 Å². The van der Waals surface area contributed by atoms with E-state index < -0.39 is 5.92 Å². The number of esters is 2. The number of hydrogen-bond donors (Lipinski definition) is 0. The molecule has 1 rings (SSSR count). The van der Waals surface area contributed by atoms with Crippen molar-refractivity contribution in [2.24, 2.45) is 5.92 Å². The minimum Gasteiger partial charge on any atom is -0.466 e. The second kappa shape index (κ2) is 8.35. The molecule has 0 saturated heterocycles. The number of rotatable bonds is 7. The predicted molar refractivity (Wildman–Crippen MR) is 76.2 cm³/mol. The van der Waals surface area contributed by atoms with Crippen molar-refractivity contribution < 1.29 is 19.1 Å². The van der Waals surface area contributed by atoms with Crippen LogP contribution in [0.1, 0.15) is 38.7 Å². The SMILES string of the molecule is CCOC(=O)C[C@H](C(=O)OCC)[C@@H](C)c1ccccc1. The van der Waals surface area contributed by atoms with E-state index in [0.29, 0.717) is 13.2 Å². The zero-order chi connectivity index (χ0) is 15.0. The lowest BCUT2D eigenvalue weighted by Crippen LogP contribution is -2.26. The fourth-order valence-corrected chi connectivity index (χ4v) is 2.10. The van der Waals surface area contributed by atoms with Gasteiger partial charge in [0.2, 0.25) is 0 Å². The van der Waals surface area contributed by atoms with Crippen molar-refractivity contribution in [3.8, 4) is 0 Å². The molecule has 20 heavy (non-hydrogen) atoms. The van der Waals surface area contributed by atoms with Gasteiger partial charge in [-0.25, -0.2) is 0 Å². The van der Waals surface area contributed by atoms with Crippen molar-refractivity contribution in [2.75, 3.05) is 13.2 Å². The summed E-state index contributed by atoms with van der Waals surface area (Å²) in [6, 6.07) is 9.64. The molecule has 0 saturated carbocycles. The average molecular weight is 278 g/mol. The standard InChI is InChI=1S/C16H22O4/c1-4-19-15(17)11-14(16(18)20-5-2)12(3)13-9-7-6-8-10-13/h6-10,12,14H,4-5,11H2,1-3H3/t12-,14-/m0/s1. The normalized spacial score (nSPS) is 13.3. The molecule has 0 aliphatic rings. The minimum absolute atomic E-state index is 0.0444. The number of ether oxygens (including phenoxy) is 2. The number of hydrogen-bond acceptors (Lipinski definition) is 4. The molecule has 0 aliphatic carbocycles. The highest BCUT2D eigenvalue weighted by atomic mass is 16.5. The van der Waals surface area contributed by atoms with Crippen molar-refractivity contribution in [1.82, 2.24) is 0 Å². The third-order valence-electron chi connectivity index (χ3n) is 3.21. The maximum Gasteiger partial charge on any atom is 0.310 e. The van der Waals surface area contributed by atoms with E-state index >= 15 is 0 Å². The van der Waals surface area contributed by atoms with Gasteiger partial charge >= 0.3 is 11.9 Å². The van der Waals surface area contributed by atoms with E-state index in [9.17, 15) is 9.59 Å². The molecule has 110 valence electrons. The van der Waals surface area contributed by atoms with Gasteiger partial charge in [-0.1, -0.05) is 37.3 Å². The lowest BCUT2D eigenvalue weighted by Gasteiger charge is -2.22. The Hall–Kier alpha value is -1.84. The Morgan fingerprint density at radius 2 is 1.65 bits per heavy atom. The van der Waals surface area contributed by atoms with Gasteiger partial charge < -0.3 is 9.47 Å². The number of carbonyl (C=O) groups excluding carboxylic acids is 2. The fourth-order valence-electron chi connectivity index (χ4n) is 2.10. The van der Waals surface area contributed by atoms with Gasteiger partial charge in [-0.15, -0.1) is 0 Å². The van der Waals surface area contributed by atoms with Crippen LogP contribution < -0.4 is 0 Å². The highest BCUT2D eigenvalue weighted by Crippen LogP contribution is 2.28. The van der Waals surface area contributed by atoms with Crippen LogP contribution in [-0.2, 0) is 19.1 Å². The first-order valence-electron chi connectivity index (χ1n) is 6.97. The Balaban J connectivity index is 2.86. The quantitative estimate of drug-likeness (QED) is 0.720. The van der Waals surface area contributed by atoms with Gasteiger partial charge in [0.25, 0.3) is 0 Å². The van der Waals surface area contributed by atoms with Gasteiger partial charge in [0.1, 0.15) is 0 Å². The van der Waals surface area contributed by atoms with E-state index in [2.05, 4.69) is 0 Å². The van der Waals surface area contributed by atoms with Crippen LogP contribution in [-0.4, -0.2) is 25.2 Å². The first kappa shape index (κ1) is 16.2. The van der Waals surface area contributed by atoms with Crippen LogP contribution in [0.3, 0.4) is 0 Å². The topological polar surface area (TPSA) is 52.6 Å². The summed E-state index contributed by atoms with van der Waals surface area (Å²) in [5, 5.41) is 0. The van der Waals surface area contributed by atoms with Crippen molar-refractivity contribution in [3.63, 3.8) is 0 Å². The second-order valence-corrected chi connectivity index (χ2v) is 4.57. The molecule has 0 amide bonds. The summed E-state index contributed by atoms with van der Waals surface area (Å²) in [6.45, 7) is 6.05. The van der Waals surface area contributed by atoms with E-state index in [-0.39, 0.29) is 24.3 Å². The highest BCUT2D eigenvalue weighted by molar-refractivity contribution is 5.80. The molecule has 0 aromatic heterocycles. The minimum atomic E-state index is -0.517. The first-order chi connectivity index (χ1) is 9.60. The summed E-state index contributed by atoms with van der Waals surface area (Å²) in [4.78, 5) is 23.7. The molecule has 0 bridgehead atoms. The highest BCUT2D eigenvalue weighted by Gasteiger charge is 2.30. The Labute approximate surface area is 120 Å². The molecule has 0 unspecified atom stereocenters. The summed E-state index contributed by atoms with van der Waals surface area (Å²) in [5.41, 5.74) is 1.01. The van der Waals surface area contributed by atoms with Crippen LogP contribution in [0.4, 0.5) is 0 Å². The van der Waals surface area contributed by atoms with Crippen LogP contribution in [0, 0.1) is 5.92 Å². The van der Waals surface area contributed by atoms with Crippen LogP contribution in [0.2, 0.25) is 0 Å². The van der Waals surface area contributed by atoms with Crippen LogP contribution >= 0.6 is 0 Å². The predicted octanol–water partition coefficient (Wildman–Crippen LogP) is 2.92. The van der Waals surface area contributed by atoms with Crippen LogP contribution in [0.25, 0.3) is 0 Å². The Bertz CT molecular complexity index is 427. The summed E-state index contributed by atoms with van der Waals surface area (Å²) in [7, 11) is 0. The Kier molecular flexibility index (Phi) is 6.77. The first-order valence-corrected chi connectivity index (χ1v) is 6.97. The Morgan fingerprint density at radius 1 is 1.05 bits per heavy atom. The van der Waals surface area contributed by atoms with Gasteiger partial charge in [-0.05, 0) is 25.3 Å². The fraction of sp³-hybridized carbons (Fsp3) is 0.500. The van der Waals surface area contributed by atoms with Crippen LogP contribution in [0.15, 0.2) is 30.3 Å². The smallest absolute Gasteiger partial charge is 0.310 e. The third kappa shape index (κ3) is 4.68. The summed E-state index contributed by atoms with van der Waals surface area (Å²) in [6.07, 6.45) is 0.0444.